The van der Waals surface area contributed by atoms with Crippen LogP contribution in [-0.2, 0) is 5.75 Å². The molecule has 0 aliphatic carbocycles. The van der Waals surface area contributed by atoms with Crippen LogP contribution >= 0.6 is 11.8 Å². The zero-order valence-electron chi connectivity index (χ0n) is 17.2. The third kappa shape index (κ3) is 4.32. The number of nitrogens with zero attached hydrogens (tertiary/aromatic N) is 3. The van der Waals surface area contributed by atoms with Crippen LogP contribution in [0.25, 0.3) is 11.1 Å². The Morgan fingerprint density at radius 3 is 2.13 bits per heavy atom. The second-order valence-corrected chi connectivity index (χ2v) is 7.26. The van der Waals surface area contributed by atoms with Gasteiger partial charge in [0.05, 0.1) is 21.3 Å². The van der Waals surface area contributed by atoms with Gasteiger partial charge < -0.3 is 14.2 Å². The number of hydrogen-bond donors (Lipinski definition) is 1. The number of methoxy groups -OCH3 is 3. The number of thioether (sulfide) groups is 1. The fraction of sp³-hybridized carbons (Fsp3) is 0.182. The highest BCUT2D eigenvalue weighted by atomic mass is 32.2. The summed E-state index contributed by atoms with van der Waals surface area (Å²) in [4.78, 5) is 7.01. The fourth-order valence-corrected chi connectivity index (χ4v) is 4.08. The average molecular weight is 435 g/mol. The van der Waals surface area contributed by atoms with E-state index in [9.17, 15) is 10.5 Å². The Labute approximate surface area is 184 Å². The number of nitriles is 2. The molecule has 8 nitrogen and oxygen atoms in total. The van der Waals surface area contributed by atoms with Crippen LogP contribution in [0.5, 0.6) is 17.2 Å². The number of nitrogens with one attached hydrogen (secondary N) is 1. The van der Waals surface area contributed by atoms with Crippen LogP contribution in [-0.4, -0.2) is 26.3 Å². The highest BCUT2D eigenvalue weighted by molar-refractivity contribution is 7.98. The zero-order chi connectivity index (χ0) is 22.4. The maximum absolute atomic E-state index is 9.99. The first-order chi connectivity index (χ1) is 15.1. The Kier molecular flexibility index (Phi) is 6.81. The number of H-pyrrole nitrogens is 1. The lowest BCUT2D eigenvalue weighted by Gasteiger charge is -2.16. The predicted molar refractivity (Wildman–Crippen MR) is 116 cm³/mol. The molecule has 0 aliphatic rings. The second-order valence-electron chi connectivity index (χ2n) is 6.27. The molecule has 3 aromatic rings. The van der Waals surface area contributed by atoms with Crippen LogP contribution in [0.3, 0.4) is 0 Å². The van der Waals surface area contributed by atoms with E-state index in [0.29, 0.717) is 44.7 Å². The smallest absolute Gasteiger partial charge is 0.289 e. The molecule has 3 N–H and O–H groups in total. The summed E-state index contributed by atoms with van der Waals surface area (Å²) in [5, 5.41) is 20.3. The van der Waals surface area contributed by atoms with Crippen LogP contribution in [0, 0.1) is 22.7 Å². The molecule has 1 aromatic carbocycles. The Balaban J connectivity index is 2.21. The summed E-state index contributed by atoms with van der Waals surface area (Å²) in [6.07, 6.45) is 3.42. The Morgan fingerprint density at radius 1 is 1.00 bits per heavy atom. The largest absolute Gasteiger partial charge is 0.493 e. The van der Waals surface area contributed by atoms with Gasteiger partial charge in [0.2, 0.25) is 5.75 Å². The van der Waals surface area contributed by atoms with Gasteiger partial charge in [-0.15, -0.1) is 0 Å². The molecule has 2 aromatic heterocycles. The number of benzene rings is 1. The van der Waals surface area contributed by atoms with E-state index in [1.165, 1.54) is 33.1 Å². The van der Waals surface area contributed by atoms with Gasteiger partial charge >= 0.3 is 0 Å². The maximum atomic E-state index is 9.99. The van der Waals surface area contributed by atoms with Gasteiger partial charge in [-0.2, -0.15) is 10.5 Å². The van der Waals surface area contributed by atoms with Crippen molar-refractivity contribution in [1.29, 1.82) is 10.5 Å². The van der Waals surface area contributed by atoms with E-state index in [1.807, 2.05) is 12.1 Å². The van der Waals surface area contributed by atoms with Crippen molar-refractivity contribution in [1.82, 2.24) is 4.98 Å². The summed E-state index contributed by atoms with van der Waals surface area (Å²) in [6, 6.07) is 11.5. The summed E-state index contributed by atoms with van der Waals surface area (Å²) in [7, 11) is 4.51. The van der Waals surface area contributed by atoms with Crippen molar-refractivity contribution in [2.75, 3.05) is 27.1 Å². The van der Waals surface area contributed by atoms with Crippen molar-refractivity contribution in [3.8, 4) is 40.5 Å². The molecule has 0 aliphatic heterocycles. The number of nitrogens with two attached hydrogens (primary N) is 1. The average Bonchev–Trinajstić information content (AvgIpc) is 2.81. The second kappa shape index (κ2) is 9.70. The highest BCUT2D eigenvalue weighted by Crippen LogP contribution is 2.43. The number of aromatic nitrogens is 2. The fourth-order valence-electron chi connectivity index (χ4n) is 3.10. The monoisotopic (exact) mass is 434 g/mol. The number of aromatic amines is 1. The first kappa shape index (κ1) is 21.8. The van der Waals surface area contributed by atoms with Crippen molar-refractivity contribution in [3.63, 3.8) is 0 Å². The lowest BCUT2D eigenvalue weighted by molar-refractivity contribution is -0.410. The SMILES string of the molecule is COc1cc(-c2c(C#N)c(N)[nH+]c(SCc3ccncc3)c2C#N)cc(OC)c1OC. The Hall–Kier alpha value is -3.95. The van der Waals surface area contributed by atoms with E-state index in [2.05, 4.69) is 22.1 Å². The molecule has 0 amide bonds. The molecule has 0 unspecified atom stereocenters. The van der Waals surface area contributed by atoms with Crippen molar-refractivity contribution < 1.29 is 19.2 Å². The molecule has 9 heteroatoms. The van der Waals surface area contributed by atoms with Crippen LogP contribution in [0.2, 0.25) is 0 Å². The van der Waals surface area contributed by atoms with E-state index < -0.39 is 0 Å². The number of rotatable bonds is 7. The van der Waals surface area contributed by atoms with Gasteiger partial charge in [0.1, 0.15) is 23.3 Å². The van der Waals surface area contributed by atoms with Crippen LogP contribution in [0.15, 0.2) is 41.7 Å². The molecule has 0 saturated heterocycles. The van der Waals surface area contributed by atoms with Gasteiger partial charge in [-0.1, -0.05) is 11.8 Å². The number of ether oxygens (including phenoxy) is 3. The molecule has 2 heterocycles. The van der Waals surface area contributed by atoms with Crippen molar-refractivity contribution in [2.24, 2.45) is 0 Å². The van der Waals surface area contributed by atoms with Crippen LogP contribution in [0.4, 0.5) is 5.82 Å². The minimum Gasteiger partial charge on any atom is -0.493 e. The van der Waals surface area contributed by atoms with Gasteiger partial charge in [-0.3, -0.25) is 10.7 Å². The third-order valence-electron chi connectivity index (χ3n) is 4.55. The maximum Gasteiger partial charge on any atom is 0.289 e. The minimum atomic E-state index is 0.166. The van der Waals surface area contributed by atoms with E-state index >= 15 is 0 Å². The zero-order valence-corrected chi connectivity index (χ0v) is 18.0. The minimum absolute atomic E-state index is 0.166. The van der Waals surface area contributed by atoms with E-state index in [-0.39, 0.29) is 11.4 Å². The molecule has 0 fully saturated rings. The quantitative estimate of drug-likeness (QED) is 0.561. The molecule has 0 saturated carbocycles. The van der Waals surface area contributed by atoms with Crippen molar-refractivity contribution in [3.05, 3.63) is 53.3 Å². The standard InChI is InChI=1S/C22H19N5O3S/c1-28-17-8-14(9-18(29-2)20(17)30-3)19-15(10-23)21(25)27-22(16(19)11-24)31-12-13-4-6-26-7-5-13/h4-9H,12H2,1-3H3,(H2,25,27)/p+1. The summed E-state index contributed by atoms with van der Waals surface area (Å²) < 4.78 is 16.2. The summed E-state index contributed by atoms with van der Waals surface area (Å²) in [5.74, 6) is 1.98. The molecule has 0 radical (unpaired) electrons. The van der Waals surface area contributed by atoms with E-state index in [4.69, 9.17) is 19.9 Å². The lowest BCUT2D eigenvalue weighted by Crippen LogP contribution is -2.18. The molecule has 156 valence electrons. The molecule has 31 heavy (non-hydrogen) atoms. The summed E-state index contributed by atoms with van der Waals surface area (Å²) >= 11 is 1.41. The van der Waals surface area contributed by atoms with Gasteiger partial charge in [-0.25, -0.2) is 4.98 Å². The number of nitrogen functional groups attached to an aromatic ring is 1. The molecule has 0 atom stereocenters. The molecule has 0 spiro atoms. The first-order valence-electron chi connectivity index (χ1n) is 9.08. The number of pyridine rings is 2. The van der Waals surface area contributed by atoms with E-state index in [0.717, 1.165) is 5.56 Å². The molecule has 0 bridgehead atoms. The highest BCUT2D eigenvalue weighted by Gasteiger charge is 2.26. The number of hydrogen-bond acceptors (Lipinski definition) is 8. The lowest BCUT2D eigenvalue weighted by atomic mass is 9.96. The normalized spacial score (nSPS) is 10.1. The first-order valence-corrected chi connectivity index (χ1v) is 10.1. The Bertz CT molecular complexity index is 1160. The van der Waals surface area contributed by atoms with Gasteiger partial charge in [0.25, 0.3) is 5.82 Å². The topological polar surface area (TPSA) is 128 Å². The van der Waals surface area contributed by atoms with Gasteiger partial charge in [0.15, 0.2) is 16.5 Å². The van der Waals surface area contributed by atoms with Crippen molar-refractivity contribution >= 4 is 17.6 Å². The van der Waals surface area contributed by atoms with Crippen LogP contribution in [0.1, 0.15) is 16.7 Å². The summed E-state index contributed by atoms with van der Waals surface area (Å²) in [5.41, 5.74) is 8.62. The molecular formula is C22H20N5O3S+. The van der Waals surface area contributed by atoms with Crippen LogP contribution < -0.4 is 24.9 Å². The summed E-state index contributed by atoms with van der Waals surface area (Å²) in [6.45, 7) is 0. The number of anilines is 1. The predicted octanol–water partition coefficient (Wildman–Crippen LogP) is 3.21. The molecular weight excluding hydrogens is 414 g/mol. The third-order valence-corrected chi connectivity index (χ3v) is 5.63. The van der Waals surface area contributed by atoms with Gasteiger partial charge in [-0.05, 0) is 35.4 Å². The Morgan fingerprint density at radius 2 is 1.61 bits per heavy atom. The van der Waals surface area contributed by atoms with E-state index in [1.54, 1.807) is 24.5 Å². The molecule has 3 rings (SSSR count). The van der Waals surface area contributed by atoms with Gasteiger partial charge in [0, 0.05) is 23.7 Å². The van der Waals surface area contributed by atoms with Crippen molar-refractivity contribution in [2.45, 2.75) is 10.8 Å².